The molecule has 1 saturated heterocycles. The fourth-order valence-electron chi connectivity index (χ4n) is 3.19. The lowest BCUT2D eigenvalue weighted by Gasteiger charge is -2.40. The zero-order chi connectivity index (χ0) is 12.4. The Morgan fingerprint density at radius 1 is 1.17 bits per heavy atom. The second kappa shape index (κ2) is 5.27. The highest BCUT2D eigenvalue weighted by atomic mass is 15.2. The summed E-state index contributed by atoms with van der Waals surface area (Å²) in [6, 6.07) is 7.69. The lowest BCUT2D eigenvalue weighted by atomic mass is 9.81. The van der Waals surface area contributed by atoms with Gasteiger partial charge in [-0.2, -0.15) is 0 Å². The molecule has 2 aliphatic rings. The van der Waals surface area contributed by atoms with Crippen molar-refractivity contribution in [2.75, 3.05) is 18.0 Å². The molecule has 0 atom stereocenters. The van der Waals surface area contributed by atoms with E-state index >= 15 is 0 Å². The predicted molar refractivity (Wildman–Crippen MR) is 74.8 cm³/mol. The molecular formula is C15H23N3. The molecule has 1 saturated carbocycles. The number of rotatable bonds is 3. The molecule has 0 aromatic carbocycles. The van der Waals surface area contributed by atoms with Crippen LogP contribution in [0.2, 0.25) is 0 Å². The summed E-state index contributed by atoms with van der Waals surface area (Å²) < 4.78 is 0. The van der Waals surface area contributed by atoms with E-state index in [0.717, 1.165) is 36.9 Å². The van der Waals surface area contributed by atoms with Crippen molar-refractivity contribution < 1.29 is 0 Å². The Labute approximate surface area is 110 Å². The van der Waals surface area contributed by atoms with Crippen LogP contribution in [0.3, 0.4) is 0 Å². The standard InChI is InChI=1S/C15H23N3/c1-12-10-14(11-12)17-13-5-8-18(9-6-13)15-4-2-3-7-16-15/h2-4,7,12-14,17H,5-6,8-11H2,1H3. The smallest absolute Gasteiger partial charge is 0.128 e. The molecule has 2 fully saturated rings. The van der Waals surface area contributed by atoms with Crippen molar-refractivity contribution >= 4 is 5.82 Å². The van der Waals surface area contributed by atoms with Gasteiger partial charge in [-0.25, -0.2) is 4.98 Å². The molecule has 3 nitrogen and oxygen atoms in total. The van der Waals surface area contributed by atoms with E-state index in [9.17, 15) is 0 Å². The summed E-state index contributed by atoms with van der Waals surface area (Å²) in [6.07, 6.45) is 7.14. The van der Waals surface area contributed by atoms with Crippen LogP contribution in [-0.2, 0) is 0 Å². The average Bonchev–Trinajstić information content (AvgIpc) is 2.39. The van der Waals surface area contributed by atoms with E-state index in [4.69, 9.17) is 0 Å². The number of anilines is 1. The van der Waals surface area contributed by atoms with Crippen molar-refractivity contribution in [1.29, 1.82) is 0 Å². The number of piperidine rings is 1. The maximum absolute atomic E-state index is 4.43. The first-order valence-electron chi connectivity index (χ1n) is 7.23. The number of hydrogen-bond donors (Lipinski definition) is 1. The average molecular weight is 245 g/mol. The Morgan fingerprint density at radius 2 is 1.94 bits per heavy atom. The third-order valence-corrected chi connectivity index (χ3v) is 4.31. The van der Waals surface area contributed by atoms with Gasteiger partial charge < -0.3 is 10.2 Å². The molecule has 0 unspecified atom stereocenters. The van der Waals surface area contributed by atoms with Crippen LogP contribution in [0.5, 0.6) is 0 Å². The van der Waals surface area contributed by atoms with Crippen molar-refractivity contribution in [2.45, 2.75) is 44.7 Å². The predicted octanol–water partition coefficient (Wildman–Crippen LogP) is 2.44. The first-order valence-corrected chi connectivity index (χ1v) is 7.23. The highest BCUT2D eigenvalue weighted by Gasteiger charge is 2.28. The largest absolute Gasteiger partial charge is 0.357 e. The lowest BCUT2D eigenvalue weighted by molar-refractivity contribution is 0.211. The number of hydrogen-bond acceptors (Lipinski definition) is 3. The van der Waals surface area contributed by atoms with Crippen molar-refractivity contribution in [3.05, 3.63) is 24.4 Å². The van der Waals surface area contributed by atoms with Crippen LogP contribution in [0, 0.1) is 5.92 Å². The van der Waals surface area contributed by atoms with E-state index in [2.05, 4.69) is 34.3 Å². The number of nitrogens with zero attached hydrogens (tertiary/aromatic N) is 2. The second-order valence-electron chi connectivity index (χ2n) is 5.89. The molecule has 18 heavy (non-hydrogen) atoms. The van der Waals surface area contributed by atoms with Gasteiger partial charge in [-0.05, 0) is 43.7 Å². The van der Waals surface area contributed by atoms with Gasteiger partial charge in [-0.3, -0.25) is 0 Å². The second-order valence-corrected chi connectivity index (χ2v) is 5.89. The van der Waals surface area contributed by atoms with Crippen LogP contribution in [0.15, 0.2) is 24.4 Å². The summed E-state index contributed by atoms with van der Waals surface area (Å²) in [5.74, 6) is 2.07. The molecule has 0 bridgehead atoms. The topological polar surface area (TPSA) is 28.2 Å². The maximum Gasteiger partial charge on any atom is 0.128 e. The van der Waals surface area contributed by atoms with Gasteiger partial charge in [0.25, 0.3) is 0 Å². The van der Waals surface area contributed by atoms with Crippen molar-refractivity contribution in [3.8, 4) is 0 Å². The van der Waals surface area contributed by atoms with Crippen molar-refractivity contribution in [1.82, 2.24) is 10.3 Å². The normalized spacial score (nSPS) is 29.1. The summed E-state index contributed by atoms with van der Waals surface area (Å²) in [5, 5.41) is 3.81. The molecule has 3 rings (SSSR count). The minimum atomic E-state index is 0.725. The SMILES string of the molecule is CC1CC(NC2CCN(c3ccccn3)CC2)C1. The minimum absolute atomic E-state index is 0.725. The van der Waals surface area contributed by atoms with E-state index in [0.29, 0.717) is 0 Å². The van der Waals surface area contributed by atoms with Gasteiger partial charge in [-0.15, -0.1) is 0 Å². The van der Waals surface area contributed by atoms with Crippen LogP contribution < -0.4 is 10.2 Å². The molecule has 1 aromatic rings. The van der Waals surface area contributed by atoms with Gasteiger partial charge in [-0.1, -0.05) is 13.0 Å². The fraction of sp³-hybridized carbons (Fsp3) is 0.667. The summed E-state index contributed by atoms with van der Waals surface area (Å²) in [5.41, 5.74) is 0. The molecular weight excluding hydrogens is 222 g/mol. The van der Waals surface area contributed by atoms with Crippen LogP contribution in [0.1, 0.15) is 32.6 Å². The minimum Gasteiger partial charge on any atom is -0.357 e. The number of nitrogens with one attached hydrogen (secondary N) is 1. The van der Waals surface area contributed by atoms with E-state index in [1.807, 2.05) is 12.3 Å². The van der Waals surface area contributed by atoms with Gasteiger partial charge >= 0.3 is 0 Å². The van der Waals surface area contributed by atoms with E-state index in [1.165, 1.54) is 25.7 Å². The highest BCUT2D eigenvalue weighted by Crippen LogP contribution is 2.28. The van der Waals surface area contributed by atoms with Crippen LogP contribution >= 0.6 is 0 Å². The van der Waals surface area contributed by atoms with E-state index < -0.39 is 0 Å². The van der Waals surface area contributed by atoms with Crippen LogP contribution in [-0.4, -0.2) is 30.2 Å². The van der Waals surface area contributed by atoms with Gasteiger partial charge in [0.05, 0.1) is 0 Å². The highest BCUT2D eigenvalue weighted by molar-refractivity contribution is 5.38. The molecule has 3 heteroatoms. The Morgan fingerprint density at radius 3 is 2.56 bits per heavy atom. The molecule has 0 amide bonds. The number of aromatic nitrogens is 1. The Bertz CT molecular complexity index is 365. The Balaban J connectivity index is 1.46. The monoisotopic (exact) mass is 245 g/mol. The maximum atomic E-state index is 4.43. The molecule has 0 radical (unpaired) electrons. The van der Waals surface area contributed by atoms with Crippen LogP contribution in [0.25, 0.3) is 0 Å². The summed E-state index contributed by atoms with van der Waals surface area (Å²) in [7, 11) is 0. The molecule has 1 aromatic heterocycles. The lowest BCUT2D eigenvalue weighted by Crippen LogP contribution is -2.50. The van der Waals surface area contributed by atoms with E-state index in [-0.39, 0.29) is 0 Å². The van der Waals surface area contributed by atoms with Gasteiger partial charge in [0, 0.05) is 31.4 Å². The summed E-state index contributed by atoms with van der Waals surface area (Å²) >= 11 is 0. The van der Waals surface area contributed by atoms with Crippen LogP contribution in [0.4, 0.5) is 5.82 Å². The molecule has 1 aliphatic heterocycles. The summed E-state index contributed by atoms with van der Waals surface area (Å²) in [4.78, 5) is 6.84. The van der Waals surface area contributed by atoms with E-state index in [1.54, 1.807) is 0 Å². The Kier molecular flexibility index (Phi) is 3.50. The van der Waals surface area contributed by atoms with Gasteiger partial charge in [0.15, 0.2) is 0 Å². The number of pyridine rings is 1. The molecule has 1 N–H and O–H groups in total. The third kappa shape index (κ3) is 2.66. The molecule has 0 spiro atoms. The Hall–Kier alpha value is -1.09. The van der Waals surface area contributed by atoms with Crippen molar-refractivity contribution in [2.24, 2.45) is 5.92 Å². The molecule has 98 valence electrons. The quantitative estimate of drug-likeness (QED) is 0.886. The molecule has 1 aliphatic carbocycles. The summed E-state index contributed by atoms with van der Waals surface area (Å²) in [6.45, 7) is 4.62. The third-order valence-electron chi connectivity index (χ3n) is 4.31. The first-order chi connectivity index (χ1) is 8.81. The zero-order valence-corrected chi connectivity index (χ0v) is 11.2. The first kappa shape index (κ1) is 12.0. The molecule has 2 heterocycles. The van der Waals surface area contributed by atoms with Crippen molar-refractivity contribution in [3.63, 3.8) is 0 Å². The van der Waals surface area contributed by atoms with Gasteiger partial charge in [0.1, 0.15) is 5.82 Å². The fourth-order valence-corrected chi connectivity index (χ4v) is 3.19. The zero-order valence-electron chi connectivity index (χ0n) is 11.2. The van der Waals surface area contributed by atoms with Gasteiger partial charge in [0.2, 0.25) is 0 Å².